The standard InChI is InChI=1S/C17H26BrNO/c1-3-8-19-17(7-6-16-5-4-9-20-16)14-10-13(2)11-15(18)12-14/h10-12,16-17,19H,3-9H2,1-2H3. The van der Waals surface area contributed by atoms with Crippen LogP contribution in [0.1, 0.15) is 56.2 Å². The van der Waals surface area contributed by atoms with Crippen LogP contribution in [0.2, 0.25) is 0 Å². The van der Waals surface area contributed by atoms with Crippen LogP contribution in [-0.2, 0) is 4.74 Å². The molecule has 0 saturated carbocycles. The Kier molecular flexibility index (Phi) is 6.53. The van der Waals surface area contributed by atoms with Crippen molar-refractivity contribution in [3.8, 4) is 0 Å². The summed E-state index contributed by atoms with van der Waals surface area (Å²) < 4.78 is 6.93. The van der Waals surface area contributed by atoms with E-state index in [0.29, 0.717) is 12.1 Å². The molecule has 2 nitrogen and oxygen atoms in total. The Labute approximate surface area is 131 Å². The van der Waals surface area contributed by atoms with Crippen LogP contribution in [-0.4, -0.2) is 19.3 Å². The van der Waals surface area contributed by atoms with Crippen molar-refractivity contribution in [2.24, 2.45) is 0 Å². The van der Waals surface area contributed by atoms with Gasteiger partial charge in [-0.15, -0.1) is 0 Å². The number of hydrogen-bond acceptors (Lipinski definition) is 2. The topological polar surface area (TPSA) is 21.3 Å². The summed E-state index contributed by atoms with van der Waals surface area (Å²) in [5.74, 6) is 0. The summed E-state index contributed by atoms with van der Waals surface area (Å²) in [5.41, 5.74) is 2.71. The number of aryl methyl sites for hydroxylation is 1. The minimum atomic E-state index is 0.440. The molecule has 1 aromatic rings. The number of ether oxygens (including phenoxy) is 1. The number of halogens is 1. The highest BCUT2D eigenvalue weighted by Gasteiger charge is 2.19. The van der Waals surface area contributed by atoms with Crippen LogP contribution in [0, 0.1) is 6.92 Å². The van der Waals surface area contributed by atoms with Crippen LogP contribution < -0.4 is 5.32 Å². The van der Waals surface area contributed by atoms with E-state index in [9.17, 15) is 0 Å². The Balaban J connectivity index is 2.00. The van der Waals surface area contributed by atoms with Gasteiger partial charge < -0.3 is 10.1 Å². The molecule has 0 amide bonds. The van der Waals surface area contributed by atoms with Crippen molar-refractivity contribution in [1.82, 2.24) is 5.32 Å². The van der Waals surface area contributed by atoms with Crippen molar-refractivity contribution in [3.63, 3.8) is 0 Å². The van der Waals surface area contributed by atoms with E-state index in [1.54, 1.807) is 0 Å². The molecule has 0 bridgehead atoms. The number of benzene rings is 1. The largest absolute Gasteiger partial charge is 0.378 e. The van der Waals surface area contributed by atoms with Gasteiger partial charge in [0, 0.05) is 17.1 Å². The lowest BCUT2D eigenvalue weighted by Gasteiger charge is -2.21. The van der Waals surface area contributed by atoms with Gasteiger partial charge >= 0.3 is 0 Å². The Morgan fingerprint density at radius 3 is 2.90 bits per heavy atom. The molecule has 1 fully saturated rings. The molecule has 0 aromatic heterocycles. The van der Waals surface area contributed by atoms with Gasteiger partial charge in [0.2, 0.25) is 0 Å². The minimum absolute atomic E-state index is 0.440. The van der Waals surface area contributed by atoms with Gasteiger partial charge in [-0.2, -0.15) is 0 Å². The van der Waals surface area contributed by atoms with E-state index in [4.69, 9.17) is 4.74 Å². The summed E-state index contributed by atoms with van der Waals surface area (Å²) in [7, 11) is 0. The monoisotopic (exact) mass is 339 g/mol. The van der Waals surface area contributed by atoms with Gasteiger partial charge in [0.05, 0.1) is 6.10 Å². The molecule has 112 valence electrons. The van der Waals surface area contributed by atoms with Gasteiger partial charge in [0.15, 0.2) is 0 Å². The first kappa shape index (κ1) is 16.0. The highest BCUT2D eigenvalue weighted by Crippen LogP contribution is 2.27. The second-order valence-corrected chi connectivity index (χ2v) is 6.70. The summed E-state index contributed by atoms with van der Waals surface area (Å²) in [6.45, 7) is 6.40. The molecule has 2 unspecified atom stereocenters. The average molecular weight is 340 g/mol. The normalized spacial score (nSPS) is 20.2. The summed E-state index contributed by atoms with van der Waals surface area (Å²) in [5, 5.41) is 3.69. The maximum absolute atomic E-state index is 5.75. The zero-order chi connectivity index (χ0) is 14.4. The van der Waals surface area contributed by atoms with Gasteiger partial charge in [-0.3, -0.25) is 0 Å². The first-order chi connectivity index (χ1) is 9.69. The van der Waals surface area contributed by atoms with Gasteiger partial charge in [-0.05, 0) is 68.8 Å². The maximum Gasteiger partial charge on any atom is 0.0576 e. The van der Waals surface area contributed by atoms with E-state index in [1.807, 2.05) is 0 Å². The van der Waals surface area contributed by atoms with Crippen LogP contribution in [0.15, 0.2) is 22.7 Å². The molecule has 1 saturated heterocycles. The van der Waals surface area contributed by atoms with Crippen molar-refractivity contribution >= 4 is 15.9 Å². The van der Waals surface area contributed by atoms with Crippen LogP contribution in [0.3, 0.4) is 0 Å². The van der Waals surface area contributed by atoms with E-state index in [-0.39, 0.29) is 0 Å². The molecule has 1 heterocycles. The molecule has 1 aromatic carbocycles. The molecular weight excluding hydrogens is 314 g/mol. The van der Waals surface area contributed by atoms with Crippen LogP contribution in [0.4, 0.5) is 0 Å². The molecule has 3 heteroatoms. The summed E-state index contributed by atoms with van der Waals surface area (Å²) >= 11 is 3.61. The SMILES string of the molecule is CCCNC(CCC1CCCO1)c1cc(C)cc(Br)c1. The van der Waals surface area contributed by atoms with Gasteiger partial charge in [0.25, 0.3) is 0 Å². The third-order valence-electron chi connectivity index (χ3n) is 3.91. The summed E-state index contributed by atoms with van der Waals surface area (Å²) in [4.78, 5) is 0. The molecule has 1 aliphatic rings. The summed E-state index contributed by atoms with van der Waals surface area (Å²) in [6.07, 6.45) is 6.43. The molecule has 0 radical (unpaired) electrons. The Bertz CT molecular complexity index is 395. The van der Waals surface area contributed by atoms with Gasteiger partial charge in [-0.1, -0.05) is 28.9 Å². The lowest BCUT2D eigenvalue weighted by atomic mass is 9.98. The van der Waals surface area contributed by atoms with Crippen LogP contribution >= 0.6 is 15.9 Å². The highest BCUT2D eigenvalue weighted by atomic mass is 79.9. The summed E-state index contributed by atoms with van der Waals surface area (Å²) in [6, 6.07) is 7.15. The maximum atomic E-state index is 5.75. The predicted octanol–water partition coefficient (Wildman–Crippen LogP) is 4.76. The van der Waals surface area contributed by atoms with Crippen molar-refractivity contribution in [2.75, 3.05) is 13.2 Å². The van der Waals surface area contributed by atoms with E-state index in [0.717, 1.165) is 26.0 Å². The van der Waals surface area contributed by atoms with E-state index < -0.39 is 0 Å². The van der Waals surface area contributed by atoms with Crippen molar-refractivity contribution in [3.05, 3.63) is 33.8 Å². The predicted molar refractivity (Wildman–Crippen MR) is 88.1 cm³/mol. The number of hydrogen-bond donors (Lipinski definition) is 1. The third kappa shape index (κ3) is 4.87. The quantitative estimate of drug-likeness (QED) is 0.773. The first-order valence-electron chi connectivity index (χ1n) is 7.81. The van der Waals surface area contributed by atoms with Crippen molar-refractivity contribution < 1.29 is 4.74 Å². The molecular formula is C17H26BrNO. The molecule has 1 aliphatic heterocycles. The first-order valence-corrected chi connectivity index (χ1v) is 8.60. The lowest BCUT2D eigenvalue weighted by molar-refractivity contribution is 0.0996. The molecule has 2 rings (SSSR count). The second kappa shape index (κ2) is 8.16. The van der Waals surface area contributed by atoms with E-state index >= 15 is 0 Å². The Morgan fingerprint density at radius 1 is 1.40 bits per heavy atom. The van der Waals surface area contributed by atoms with Crippen LogP contribution in [0.5, 0.6) is 0 Å². The Hall–Kier alpha value is -0.380. The molecule has 1 N–H and O–H groups in total. The third-order valence-corrected chi connectivity index (χ3v) is 4.37. The van der Waals surface area contributed by atoms with Gasteiger partial charge in [0.1, 0.15) is 0 Å². The smallest absolute Gasteiger partial charge is 0.0576 e. The molecule has 2 atom stereocenters. The zero-order valence-corrected chi connectivity index (χ0v) is 14.2. The number of nitrogens with one attached hydrogen (secondary N) is 1. The molecule has 0 aliphatic carbocycles. The van der Waals surface area contributed by atoms with Crippen molar-refractivity contribution in [2.45, 2.75) is 58.1 Å². The minimum Gasteiger partial charge on any atom is -0.378 e. The van der Waals surface area contributed by atoms with E-state index in [2.05, 4.69) is 53.3 Å². The zero-order valence-electron chi connectivity index (χ0n) is 12.6. The fourth-order valence-corrected chi connectivity index (χ4v) is 3.52. The van der Waals surface area contributed by atoms with Crippen LogP contribution in [0.25, 0.3) is 0 Å². The highest BCUT2D eigenvalue weighted by molar-refractivity contribution is 9.10. The average Bonchev–Trinajstić information content (AvgIpc) is 2.91. The fraction of sp³-hybridized carbons (Fsp3) is 0.647. The van der Waals surface area contributed by atoms with Gasteiger partial charge in [-0.25, -0.2) is 0 Å². The Morgan fingerprint density at radius 2 is 2.25 bits per heavy atom. The second-order valence-electron chi connectivity index (χ2n) is 5.78. The molecule has 0 spiro atoms. The molecule has 20 heavy (non-hydrogen) atoms. The van der Waals surface area contributed by atoms with Crippen molar-refractivity contribution in [1.29, 1.82) is 0 Å². The number of rotatable bonds is 7. The van der Waals surface area contributed by atoms with E-state index in [1.165, 1.54) is 34.9 Å². The fourth-order valence-electron chi connectivity index (χ4n) is 2.90. The lowest BCUT2D eigenvalue weighted by Crippen LogP contribution is -2.23.